The fourth-order valence-corrected chi connectivity index (χ4v) is 2.87. The molecule has 1 aliphatic heterocycles. The number of nitrogen functional groups attached to an aromatic ring is 1. The summed E-state index contributed by atoms with van der Waals surface area (Å²) in [5.41, 5.74) is 6.16. The number of rotatable bonds is 4. The Labute approximate surface area is 122 Å². The first-order chi connectivity index (χ1) is 9.56. The zero-order valence-electron chi connectivity index (χ0n) is 11.6. The minimum absolute atomic E-state index is 0.00385. The molecule has 1 aliphatic rings. The molecule has 1 aromatic heterocycles. The third-order valence-corrected chi connectivity index (χ3v) is 4.05. The molecule has 0 aromatic carbocycles. The van der Waals surface area contributed by atoms with E-state index in [1.165, 1.54) is 17.8 Å². The molecule has 1 atom stereocenters. The number of nitrogens with two attached hydrogens (primary N) is 1. The van der Waals surface area contributed by atoms with Crippen LogP contribution in [-0.4, -0.2) is 40.8 Å². The fourth-order valence-electron chi connectivity index (χ4n) is 2.31. The first-order valence-electron chi connectivity index (χ1n) is 6.84. The number of nitrogens with zero attached hydrogens (tertiary/aromatic N) is 2. The Hall–Kier alpha value is -1.63. The number of thiazole rings is 1. The van der Waals surface area contributed by atoms with Crippen LogP contribution < -0.4 is 11.1 Å². The molecule has 2 rings (SSSR count). The number of likely N-dealkylation sites (tertiary alicyclic amines) is 1. The van der Waals surface area contributed by atoms with Gasteiger partial charge in [0.15, 0.2) is 5.13 Å². The molecule has 2 heterocycles. The molecule has 110 valence electrons. The highest BCUT2D eigenvalue weighted by Crippen LogP contribution is 2.12. The summed E-state index contributed by atoms with van der Waals surface area (Å²) in [6, 6.07) is -0.489. The summed E-state index contributed by atoms with van der Waals surface area (Å²) < 4.78 is 0. The molecule has 2 amide bonds. The van der Waals surface area contributed by atoms with Crippen molar-refractivity contribution >= 4 is 28.3 Å². The average Bonchev–Trinajstić information content (AvgIpc) is 2.84. The van der Waals surface area contributed by atoms with Crippen molar-refractivity contribution in [3.8, 4) is 0 Å². The third-order valence-electron chi connectivity index (χ3n) is 3.33. The van der Waals surface area contributed by atoms with E-state index in [1.807, 2.05) is 4.90 Å². The van der Waals surface area contributed by atoms with Crippen molar-refractivity contribution in [3.63, 3.8) is 0 Å². The number of carbonyl (C=O) groups is 2. The first-order valence-corrected chi connectivity index (χ1v) is 7.72. The van der Waals surface area contributed by atoms with Gasteiger partial charge in [-0.05, 0) is 26.2 Å². The van der Waals surface area contributed by atoms with E-state index in [0.29, 0.717) is 10.8 Å². The Kier molecular flexibility index (Phi) is 4.94. The van der Waals surface area contributed by atoms with Gasteiger partial charge >= 0.3 is 0 Å². The van der Waals surface area contributed by atoms with Crippen LogP contribution in [0.15, 0.2) is 5.38 Å². The minimum atomic E-state index is -0.489. The Morgan fingerprint density at radius 2 is 2.15 bits per heavy atom. The number of amides is 2. The number of aromatic nitrogens is 1. The van der Waals surface area contributed by atoms with Crippen LogP contribution in [0, 0.1) is 0 Å². The van der Waals surface area contributed by atoms with Crippen LogP contribution in [0.1, 0.15) is 31.9 Å². The molecular weight excluding hydrogens is 276 g/mol. The monoisotopic (exact) mass is 296 g/mol. The van der Waals surface area contributed by atoms with E-state index in [2.05, 4.69) is 10.3 Å². The maximum absolute atomic E-state index is 12.2. The SMILES string of the molecule is CC(NC(=O)Cc1csc(N)n1)C(=O)N1CCCCC1. The number of nitrogens with one attached hydrogen (secondary N) is 1. The molecule has 7 heteroatoms. The molecule has 1 aromatic rings. The van der Waals surface area contributed by atoms with Gasteiger partial charge in [-0.2, -0.15) is 0 Å². The highest BCUT2D eigenvalue weighted by Gasteiger charge is 2.23. The van der Waals surface area contributed by atoms with Crippen molar-refractivity contribution in [2.75, 3.05) is 18.8 Å². The lowest BCUT2D eigenvalue weighted by Crippen LogP contribution is -2.48. The third kappa shape index (κ3) is 3.93. The Bertz CT molecular complexity index is 482. The van der Waals surface area contributed by atoms with E-state index in [9.17, 15) is 9.59 Å². The van der Waals surface area contributed by atoms with Crippen LogP contribution in [0.25, 0.3) is 0 Å². The predicted molar refractivity (Wildman–Crippen MR) is 78.3 cm³/mol. The average molecular weight is 296 g/mol. The van der Waals surface area contributed by atoms with Gasteiger partial charge in [-0.15, -0.1) is 11.3 Å². The van der Waals surface area contributed by atoms with E-state index >= 15 is 0 Å². The van der Waals surface area contributed by atoms with Gasteiger partial charge in [0, 0.05) is 18.5 Å². The van der Waals surface area contributed by atoms with E-state index in [1.54, 1.807) is 12.3 Å². The summed E-state index contributed by atoms with van der Waals surface area (Å²) in [6.07, 6.45) is 3.43. The number of carbonyl (C=O) groups excluding carboxylic acids is 2. The molecule has 0 radical (unpaired) electrons. The van der Waals surface area contributed by atoms with Crippen LogP contribution >= 0.6 is 11.3 Å². The largest absolute Gasteiger partial charge is 0.375 e. The number of piperidine rings is 1. The van der Waals surface area contributed by atoms with Crippen molar-refractivity contribution in [1.82, 2.24) is 15.2 Å². The molecule has 1 fully saturated rings. The summed E-state index contributed by atoms with van der Waals surface area (Å²) in [5, 5.41) is 4.93. The van der Waals surface area contributed by atoms with E-state index in [4.69, 9.17) is 5.73 Å². The molecule has 6 nitrogen and oxygen atoms in total. The molecule has 1 saturated heterocycles. The van der Waals surface area contributed by atoms with Gasteiger partial charge in [-0.1, -0.05) is 0 Å². The maximum atomic E-state index is 12.2. The van der Waals surface area contributed by atoms with Crippen LogP contribution in [0.3, 0.4) is 0 Å². The fraction of sp³-hybridized carbons (Fsp3) is 0.615. The van der Waals surface area contributed by atoms with E-state index < -0.39 is 6.04 Å². The lowest BCUT2D eigenvalue weighted by Gasteiger charge is -2.29. The molecule has 3 N–H and O–H groups in total. The summed E-state index contributed by atoms with van der Waals surface area (Å²) in [7, 11) is 0. The van der Waals surface area contributed by atoms with Crippen LogP contribution in [-0.2, 0) is 16.0 Å². The van der Waals surface area contributed by atoms with Crippen LogP contribution in [0.4, 0.5) is 5.13 Å². The number of anilines is 1. The van der Waals surface area contributed by atoms with Crippen molar-refractivity contribution in [2.45, 2.75) is 38.6 Å². The van der Waals surface area contributed by atoms with Crippen LogP contribution in [0.2, 0.25) is 0 Å². The van der Waals surface area contributed by atoms with Gasteiger partial charge in [0.25, 0.3) is 0 Å². The molecule has 0 spiro atoms. The van der Waals surface area contributed by atoms with Crippen molar-refractivity contribution in [1.29, 1.82) is 0 Å². The van der Waals surface area contributed by atoms with Gasteiger partial charge in [0.2, 0.25) is 11.8 Å². The molecule has 0 saturated carbocycles. The second-order valence-corrected chi connectivity index (χ2v) is 5.92. The first kappa shape index (κ1) is 14.8. The lowest BCUT2D eigenvalue weighted by atomic mass is 10.1. The van der Waals surface area contributed by atoms with Crippen molar-refractivity contribution in [2.24, 2.45) is 0 Å². The molecule has 1 unspecified atom stereocenters. The summed E-state index contributed by atoms with van der Waals surface area (Å²) in [4.78, 5) is 29.9. The normalized spacial score (nSPS) is 16.8. The number of hydrogen-bond donors (Lipinski definition) is 2. The topological polar surface area (TPSA) is 88.3 Å². The zero-order valence-corrected chi connectivity index (χ0v) is 12.4. The highest BCUT2D eigenvalue weighted by molar-refractivity contribution is 7.13. The molecule has 20 heavy (non-hydrogen) atoms. The van der Waals surface area contributed by atoms with Gasteiger partial charge in [0.1, 0.15) is 6.04 Å². The van der Waals surface area contributed by atoms with E-state index in [-0.39, 0.29) is 18.2 Å². The Morgan fingerprint density at radius 1 is 1.45 bits per heavy atom. The van der Waals surface area contributed by atoms with Crippen molar-refractivity contribution in [3.05, 3.63) is 11.1 Å². The second kappa shape index (κ2) is 6.69. The quantitative estimate of drug-likeness (QED) is 0.859. The maximum Gasteiger partial charge on any atom is 0.244 e. The van der Waals surface area contributed by atoms with Crippen molar-refractivity contribution < 1.29 is 9.59 Å². The van der Waals surface area contributed by atoms with Gasteiger partial charge in [0.05, 0.1) is 12.1 Å². The molecule has 0 aliphatic carbocycles. The minimum Gasteiger partial charge on any atom is -0.375 e. The Balaban J connectivity index is 1.82. The van der Waals surface area contributed by atoms with Gasteiger partial charge in [-0.25, -0.2) is 4.98 Å². The standard InChI is InChI=1S/C13H20N4O2S/c1-9(12(19)17-5-3-2-4-6-17)15-11(18)7-10-8-20-13(14)16-10/h8-9H,2-7H2,1H3,(H2,14,16)(H,15,18). The highest BCUT2D eigenvalue weighted by atomic mass is 32.1. The lowest BCUT2D eigenvalue weighted by molar-refractivity contribution is -0.136. The zero-order chi connectivity index (χ0) is 14.5. The van der Waals surface area contributed by atoms with E-state index in [0.717, 1.165) is 25.9 Å². The predicted octanol–water partition coefficient (Wildman–Crippen LogP) is 0.785. The smallest absolute Gasteiger partial charge is 0.244 e. The summed E-state index contributed by atoms with van der Waals surface area (Å²) >= 11 is 1.31. The summed E-state index contributed by atoms with van der Waals surface area (Å²) in [5.74, 6) is -0.205. The molecular formula is C13H20N4O2S. The van der Waals surface area contributed by atoms with Gasteiger partial charge < -0.3 is 16.0 Å². The second-order valence-electron chi connectivity index (χ2n) is 5.03. The van der Waals surface area contributed by atoms with Gasteiger partial charge in [-0.3, -0.25) is 9.59 Å². The summed E-state index contributed by atoms with van der Waals surface area (Å²) in [6.45, 7) is 3.31. The Morgan fingerprint density at radius 3 is 2.75 bits per heavy atom. The number of hydrogen-bond acceptors (Lipinski definition) is 5. The molecule has 0 bridgehead atoms. The van der Waals surface area contributed by atoms with Crippen LogP contribution in [0.5, 0.6) is 0 Å².